The van der Waals surface area contributed by atoms with Gasteiger partial charge in [0.25, 0.3) is 0 Å². The maximum Gasteiger partial charge on any atom is 0.319 e. The number of likely N-dealkylation sites (tertiary alicyclic amines) is 1. The highest BCUT2D eigenvalue weighted by molar-refractivity contribution is 5.89. The van der Waals surface area contributed by atoms with Crippen LogP contribution in [0.1, 0.15) is 18.4 Å². The van der Waals surface area contributed by atoms with Crippen molar-refractivity contribution in [3.05, 3.63) is 29.8 Å². The third-order valence-electron chi connectivity index (χ3n) is 6.03. The van der Waals surface area contributed by atoms with Crippen LogP contribution in [0.2, 0.25) is 0 Å². The van der Waals surface area contributed by atoms with Crippen molar-refractivity contribution in [2.24, 2.45) is 11.7 Å². The van der Waals surface area contributed by atoms with Gasteiger partial charge in [0.15, 0.2) is 6.29 Å². The number of carbonyl (C=O) groups excluding carboxylic acids is 2. The van der Waals surface area contributed by atoms with Gasteiger partial charge in [0.1, 0.15) is 6.10 Å². The summed E-state index contributed by atoms with van der Waals surface area (Å²) in [5.74, 6) is -0.465. The van der Waals surface area contributed by atoms with Gasteiger partial charge in [-0.05, 0) is 44.1 Å². The largest absolute Gasteiger partial charge is 0.389 e. The van der Waals surface area contributed by atoms with Crippen LogP contribution in [0.15, 0.2) is 24.3 Å². The summed E-state index contributed by atoms with van der Waals surface area (Å²) < 4.78 is 11.6. The molecule has 5 atom stereocenters. The van der Waals surface area contributed by atoms with Gasteiger partial charge in [0.05, 0.1) is 36.4 Å². The average Bonchev–Trinajstić information content (AvgIpc) is 3.17. The first-order chi connectivity index (χ1) is 14.5. The number of hydrogen-bond donors (Lipinski definition) is 4. The van der Waals surface area contributed by atoms with Crippen LogP contribution in [0.5, 0.6) is 0 Å². The number of hydrogen-bond acceptors (Lipinski definition) is 7. The molecule has 0 aromatic heterocycles. The van der Waals surface area contributed by atoms with Crippen molar-refractivity contribution in [1.29, 1.82) is 5.26 Å². The summed E-state index contributed by atoms with van der Waals surface area (Å²) in [5, 5.41) is 25.5. The predicted molar refractivity (Wildman–Crippen MR) is 105 cm³/mol. The molecule has 10 heteroatoms. The molecule has 1 aromatic rings. The Morgan fingerprint density at radius 1 is 1.30 bits per heavy atom. The van der Waals surface area contributed by atoms with Crippen LogP contribution in [0.25, 0.3) is 0 Å². The number of ether oxygens (including phenoxy) is 2. The molecule has 2 bridgehead atoms. The molecule has 4 rings (SSSR count). The number of nitrogens with two attached hydrogens (primary N) is 1. The molecule has 5 unspecified atom stereocenters. The molecule has 0 saturated carbocycles. The van der Waals surface area contributed by atoms with Crippen molar-refractivity contribution < 1.29 is 24.2 Å². The molecule has 30 heavy (non-hydrogen) atoms. The Hall–Kier alpha value is -2.71. The summed E-state index contributed by atoms with van der Waals surface area (Å²) in [6, 6.07) is 6.95. The monoisotopic (exact) mass is 415 g/mol. The van der Waals surface area contributed by atoms with Gasteiger partial charge < -0.3 is 30.9 Å². The lowest BCUT2D eigenvalue weighted by atomic mass is 9.90. The third-order valence-corrected chi connectivity index (χ3v) is 6.03. The normalized spacial score (nSPS) is 31.7. The van der Waals surface area contributed by atoms with Crippen molar-refractivity contribution in [2.45, 2.75) is 43.4 Å². The highest BCUT2D eigenvalue weighted by atomic mass is 16.7. The van der Waals surface area contributed by atoms with Gasteiger partial charge in [0, 0.05) is 11.6 Å². The summed E-state index contributed by atoms with van der Waals surface area (Å²) in [4.78, 5) is 26.0. The van der Waals surface area contributed by atoms with E-state index in [-0.39, 0.29) is 18.4 Å². The number of aliphatic hydroxyl groups is 1. The summed E-state index contributed by atoms with van der Waals surface area (Å²) in [6.07, 6.45) is -0.716. The van der Waals surface area contributed by atoms with Crippen LogP contribution in [0.3, 0.4) is 0 Å². The molecule has 0 spiro atoms. The second kappa shape index (κ2) is 8.57. The quantitative estimate of drug-likeness (QED) is 0.529. The van der Waals surface area contributed by atoms with E-state index in [2.05, 4.69) is 10.6 Å². The van der Waals surface area contributed by atoms with Crippen LogP contribution < -0.4 is 16.4 Å². The van der Waals surface area contributed by atoms with E-state index in [1.807, 2.05) is 11.0 Å². The molecule has 3 aliphatic rings. The van der Waals surface area contributed by atoms with Gasteiger partial charge in [-0.25, -0.2) is 4.79 Å². The van der Waals surface area contributed by atoms with Crippen molar-refractivity contribution in [2.75, 3.05) is 25.0 Å². The molecular formula is C20H25N5O5. The first-order valence-corrected chi connectivity index (χ1v) is 10.0. The second-order valence-corrected chi connectivity index (χ2v) is 7.89. The van der Waals surface area contributed by atoms with Gasteiger partial charge in [0.2, 0.25) is 5.91 Å². The van der Waals surface area contributed by atoms with Gasteiger partial charge in [-0.3, -0.25) is 9.69 Å². The molecule has 3 heterocycles. The Kier molecular flexibility index (Phi) is 5.87. The van der Waals surface area contributed by atoms with E-state index in [0.717, 1.165) is 0 Å². The number of nitrogens with one attached hydrogen (secondary N) is 2. The molecule has 3 amide bonds. The highest BCUT2D eigenvalue weighted by Crippen LogP contribution is 2.33. The SMILES string of the molecule is N#Cc1cccc(NC(=O)NC2C3COC(O3)C(N3CCC(C(N)=O)CC3)C2O)c1. The van der Waals surface area contributed by atoms with Gasteiger partial charge in [-0.1, -0.05) is 6.07 Å². The highest BCUT2D eigenvalue weighted by Gasteiger charge is 2.53. The van der Waals surface area contributed by atoms with E-state index >= 15 is 0 Å². The molecule has 5 N–H and O–H groups in total. The fourth-order valence-corrected chi connectivity index (χ4v) is 4.43. The molecule has 0 aliphatic carbocycles. The molecule has 160 valence electrons. The number of rotatable bonds is 4. The fourth-order valence-electron chi connectivity index (χ4n) is 4.43. The summed E-state index contributed by atoms with van der Waals surface area (Å²) in [5.41, 5.74) is 6.31. The number of carbonyl (C=O) groups is 2. The number of fused-ring (bicyclic) bond motifs is 2. The summed E-state index contributed by atoms with van der Waals surface area (Å²) in [7, 11) is 0. The Morgan fingerprint density at radius 3 is 2.77 bits per heavy atom. The number of aliphatic hydroxyl groups excluding tert-OH is 1. The smallest absolute Gasteiger partial charge is 0.319 e. The topological polar surface area (TPSA) is 150 Å². The van der Waals surface area contributed by atoms with Crippen molar-refractivity contribution in [1.82, 2.24) is 10.2 Å². The zero-order chi connectivity index (χ0) is 21.3. The minimum atomic E-state index is -0.905. The van der Waals surface area contributed by atoms with E-state index in [4.69, 9.17) is 20.5 Å². The average molecular weight is 415 g/mol. The maximum atomic E-state index is 12.5. The van der Waals surface area contributed by atoms with Gasteiger partial charge in [-0.2, -0.15) is 5.26 Å². The van der Waals surface area contributed by atoms with Crippen LogP contribution in [0, 0.1) is 17.2 Å². The van der Waals surface area contributed by atoms with Gasteiger partial charge in [-0.15, -0.1) is 0 Å². The minimum absolute atomic E-state index is 0.163. The number of primary amides is 1. The lowest BCUT2D eigenvalue weighted by Gasteiger charge is -2.45. The number of nitriles is 1. The zero-order valence-electron chi connectivity index (χ0n) is 16.4. The zero-order valence-corrected chi connectivity index (χ0v) is 16.4. The van der Waals surface area contributed by atoms with Gasteiger partial charge >= 0.3 is 6.03 Å². The van der Waals surface area contributed by atoms with E-state index in [9.17, 15) is 14.7 Å². The number of amides is 3. The number of benzene rings is 1. The first-order valence-electron chi connectivity index (χ1n) is 10.0. The Bertz CT molecular complexity index is 850. The van der Waals surface area contributed by atoms with Crippen molar-refractivity contribution in [3.8, 4) is 6.07 Å². The fraction of sp³-hybridized carbons (Fsp3) is 0.550. The van der Waals surface area contributed by atoms with E-state index in [0.29, 0.717) is 37.2 Å². The maximum absolute atomic E-state index is 12.5. The van der Waals surface area contributed by atoms with E-state index in [1.54, 1.807) is 24.3 Å². The first kappa shape index (κ1) is 20.6. The van der Waals surface area contributed by atoms with E-state index < -0.39 is 36.6 Å². The molecule has 3 saturated heterocycles. The Labute approximate surface area is 173 Å². The van der Waals surface area contributed by atoms with Crippen LogP contribution in [-0.4, -0.2) is 72.2 Å². The number of anilines is 1. The molecule has 10 nitrogen and oxygen atoms in total. The van der Waals surface area contributed by atoms with Crippen molar-refractivity contribution >= 4 is 17.6 Å². The number of piperidine rings is 1. The van der Waals surface area contributed by atoms with Crippen LogP contribution in [-0.2, 0) is 14.3 Å². The molecule has 3 fully saturated rings. The molecule has 1 aromatic carbocycles. The Balaban J connectivity index is 1.41. The number of nitrogens with zero attached hydrogens (tertiary/aromatic N) is 2. The Morgan fingerprint density at radius 2 is 2.07 bits per heavy atom. The summed E-state index contributed by atoms with van der Waals surface area (Å²) in [6.45, 7) is 1.44. The molecular weight excluding hydrogens is 390 g/mol. The summed E-state index contributed by atoms with van der Waals surface area (Å²) >= 11 is 0. The third kappa shape index (κ3) is 4.11. The van der Waals surface area contributed by atoms with E-state index in [1.165, 1.54) is 0 Å². The minimum Gasteiger partial charge on any atom is -0.389 e. The number of urea groups is 1. The lowest BCUT2D eigenvalue weighted by molar-refractivity contribution is -0.184. The van der Waals surface area contributed by atoms with Crippen LogP contribution >= 0.6 is 0 Å². The molecule has 3 aliphatic heterocycles. The molecule has 0 radical (unpaired) electrons. The standard InChI is InChI=1S/C20H25N5O5/c21-9-11-2-1-3-13(8-11)23-20(28)24-15-14-10-29-19(30-14)16(17(15)26)25-6-4-12(5-7-25)18(22)27/h1-3,8,12,14-17,19,26H,4-7,10H2,(H2,22,27)(H2,23,24,28). The predicted octanol–water partition coefficient (Wildman–Crippen LogP) is -0.270. The second-order valence-electron chi connectivity index (χ2n) is 7.89. The van der Waals surface area contributed by atoms with Crippen LogP contribution in [0.4, 0.5) is 10.5 Å². The lowest BCUT2D eigenvalue weighted by Crippen LogP contribution is -2.66. The van der Waals surface area contributed by atoms with Crippen molar-refractivity contribution in [3.63, 3.8) is 0 Å².